The number of rotatable bonds is 4. The highest BCUT2D eigenvalue weighted by Gasteiger charge is 2.23. The fraction of sp³-hybridized carbons (Fsp3) is 0.176. The summed E-state index contributed by atoms with van der Waals surface area (Å²) in [5, 5.41) is 5.37. The van der Waals surface area contributed by atoms with Gasteiger partial charge < -0.3 is 15.4 Å². The van der Waals surface area contributed by atoms with Crippen molar-refractivity contribution in [2.24, 2.45) is 0 Å². The van der Waals surface area contributed by atoms with E-state index in [1.807, 2.05) is 13.0 Å². The number of hydrogen-bond acceptors (Lipinski definition) is 4. The zero-order valence-corrected chi connectivity index (χ0v) is 13.7. The molecule has 2 N–H and O–H groups in total. The predicted molar refractivity (Wildman–Crippen MR) is 90.9 cm³/mol. The number of carbonyl (C=O) groups is 2. The Labute approximate surface area is 142 Å². The van der Waals surface area contributed by atoms with E-state index >= 15 is 0 Å². The average molecular weight is 346 g/mol. The van der Waals surface area contributed by atoms with Crippen LogP contribution in [-0.4, -0.2) is 23.7 Å². The summed E-state index contributed by atoms with van der Waals surface area (Å²) >= 11 is 1.48. The van der Waals surface area contributed by atoms with Crippen LogP contribution in [0.1, 0.15) is 6.92 Å². The van der Waals surface area contributed by atoms with Gasteiger partial charge in [-0.05, 0) is 49.4 Å². The van der Waals surface area contributed by atoms with E-state index in [9.17, 15) is 14.0 Å². The molecule has 2 aromatic rings. The van der Waals surface area contributed by atoms with Gasteiger partial charge in [-0.1, -0.05) is 0 Å². The third-order valence-corrected chi connectivity index (χ3v) is 4.56. The Morgan fingerprint density at radius 1 is 1.29 bits per heavy atom. The van der Waals surface area contributed by atoms with Crippen molar-refractivity contribution in [3.63, 3.8) is 0 Å². The Bertz CT molecular complexity index is 780. The van der Waals surface area contributed by atoms with Gasteiger partial charge >= 0.3 is 0 Å². The van der Waals surface area contributed by atoms with Crippen molar-refractivity contribution in [2.75, 3.05) is 17.2 Å². The lowest BCUT2D eigenvalue weighted by Crippen LogP contribution is -2.26. The minimum Gasteiger partial charge on any atom is -0.484 e. The molecule has 0 aromatic heterocycles. The lowest BCUT2D eigenvalue weighted by molar-refractivity contribution is -0.118. The highest BCUT2D eigenvalue weighted by molar-refractivity contribution is 8.00. The van der Waals surface area contributed by atoms with Crippen LogP contribution in [0.25, 0.3) is 0 Å². The number of nitrogens with one attached hydrogen (secondary N) is 2. The quantitative estimate of drug-likeness (QED) is 0.892. The molecule has 0 aliphatic carbocycles. The Hall–Kier alpha value is -2.54. The van der Waals surface area contributed by atoms with Crippen LogP contribution in [0.5, 0.6) is 5.75 Å². The number of carbonyl (C=O) groups excluding carboxylic acids is 2. The summed E-state index contributed by atoms with van der Waals surface area (Å²) in [4.78, 5) is 24.6. The number of fused-ring (bicyclic) bond motifs is 1. The first kappa shape index (κ1) is 16.3. The molecule has 3 rings (SSSR count). The van der Waals surface area contributed by atoms with Gasteiger partial charge in [0, 0.05) is 10.6 Å². The monoisotopic (exact) mass is 346 g/mol. The van der Waals surface area contributed by atoms with Gasteiger partial charge in [-0.2, -0.15) is 0 Å². The van der Waals surface area contributed by atoms with Crippen LogP contribution in [-0.2, 0) is 9.59 Å². The molecule has 0 saturated heterocycles. The average Bonchev–Trinajstić information content (AvgIpc) is 2.56. The molecule has 0 bridgehead atoms. The second kappa shape index (κ2) is 6.92. The first-order valence-electron chi connectivity index (χ1n) is 7.31. The molecule has 0 saturated carbocycles. The van der Waals surface area contributed by atoms with Gasteiger partial charge in [-0.25, -0.2) is 4.39 Å². The summed E-state index contributed by atoms with van der Waals surface area (Å²) < 4.78 is 18.1. The molecule has 24 heavy (non-hydrogen) atoms. The van der Waals surface area contributed by atoms with Crippen molar-refractivity contribution in [1.29, 1.82) is 0 Å². The maximum atomic E-state index is 12.8. The van der Waals surface area contributed by atoms with Crippen molar-refractivity contribution >= 4 is 35.0 Å². The summed E-state index contributed by atoms with van der Waals surface area (Å²) in [6, 6.07) is 10.8. The third-order valence-electron chi connectivity index (χ3n) is 3.38. The molecule has 1 aliphatic rings. The third kappa shape index (κ3) is 3.86. The maximum Gasteiger partial charge on any atom is 0.262 e. The van der Waals surface area contributed by atoms with Gasteiger partial charge in [-0.3, -0.25) is 9.59 Å². The number of amides is 2. The minimum absolute atomic E-state index is 0.0596. The van der Waals surface area contributed by atoms with Gasteiger partial charge in [0.15, 0.2) is 6.61 Å². The molecule has 2 amide bonds. The molecule has 124 valence electrons. The van der Waals surface area contributed by atoms with E-state index in [2.05, 4.69) is 10.6 Å². The first-order chi connectivity index (χ1) is 11.5. The maximum absolute atomic E-state index is 12.8. The molecule has 1 atom stereocenters. The molecule has 1 unspecified atom stereocenters. The Balaban J connectivity index is 1.59. The number of anilines is 2. The highest BCUT2D eigenvalue weighted by Crippen LogP contribution is 2.36. The van der Waals surface area contributed by atoms with E-state index in [4.69, 9.17) is 4.74 Å². The number of hydrogen-bond donors (Lipinski definition) is 2. The Kier molecular flexibility index (Phi) is 4.71. The van der Waals surface area contributed by atoms with E-state index in [0.29, 0.717) is 17.1 Å². The van der Waals surface area contributed by atoms with E-state index in [1.54, 1.807) is 12.1 Å². The van der Waals surface area contributed by atoms with E-state index in [0.717, 1.165) is 4.90 Å². The van der Waals surface area contributed by atoms with Crippen LogP contribution in [0.15, 0.2) is 47.4 Å². The number of thioether (sulfide) groups is 1. The van der Waals surface area contributed by atoms with Crippen LogP contribution in [0.3, 0.4) is 0 Å². The van der Waals surface area contributed by atoms with Crippen LogP contribution in [0.4, 0.5) is 15.8 Å². The van der Waals surface area contributed by atoms with Crippen molar-refractivity contribution in [3.8, 4) is 5.75 Å². The second-order valence-electron chi connectivity index (χ2n) is 5.25. The lowest BCUT2D eigenvalue weighted by Gasteiger charge is -2.22. The molecule has 1 heterocycles. The number of ether oxygens (including phenoxy) is 1. The number of benzene rings is 2. The van der Waals surface area contributed by atoms with E-state index in [-0.39, 0.29) is 29.5 Å². The van der Waals surface area contributed by atoms with E-state index < -0.39 is 0 Å². The Morgan fingerprint density at radius 3 is 2.79 bits per heavy atom. The molecule has 2 aromatic carbocycles. The summed E-state index contributed by atoms with van der Waals surface area (Å²) in [5.74, 6) is -0.359. The van der Waals surface area contributed by atoms with Gasteiger partial charge in [0.1, 0.15) is 11.6 Å². The Morgan fingerprint density at radius 2 is 2.04 bits per heavy atom. The molecular weight excluding hydrogens is 331 g/mol. The zero-order valence-electron chi connectivity index (χ0n) is 12.8. The smallest absolute Gasteiger partial charge is 0.262 e. The fourth-order valence-electron chi connectivity index (χ4n) is 2.16. The summed E-state index contributed by atoms with van der Waals surface area (Å²) in [6.07, 6.45) is 0. The summed E-state index contributed by atoms with van der Waals surface area (Å²) in [7, 11) is 0. The van der Waals surface area contributed by atoms with Crippen molar-refractivity contribution in [1.82, 2.24) is 0 Å². The van der Waals surface area contributed by atoms with Crippen LogP contribution < -0.4 is 15.4 Å². The van der Waals surface area contributed by atoms with E-state index in [1.165, 1.54) is 36.0 Å². The second-order valence-corrected chi connectivity index (χ2v) is 6.63. The lowest BCUT2D eigenvalue weighted by atomic mass is 10.2. The predicted octanol–water partition coefficient (Wildman–Crippen LogP) is 3.28. The molecule has 0 radical (unpaired) electrons. The van der Waals surface area contributed by atoms with Crippen molar-refractivity contribution < 1.29 is 18.7 Å². The van der Waals surface area contributed by atoms with Crippen LogP contribution in [0.2, 0.25) is 0 Å². The SMILES string of the molecule is CC1Sc2ccc(NC(=O)COc3ccc(F)cc3)cc2NC1=O. The van der Waals surface area contributed by atoms with Gasteiger partial charge in [-0.15, -0.1) is 11.8 Å². The highest BCUT2D eigenvalue weighted by atomic mass is 32.2. The zero-order chi connectivity index (χ0) is 17.1. The summed E-state index contributed by atoms with van der Waals surface area (Å²) in [5.41, 5.74) is 1.25. The van der Waals surface area contributed by atoms with Gasteiger partial charge in [0.2, 0.25) is 5.91 Å². The van der Waals surface area contributed by atoms with Crippen molar-refractivity contribution in [2.45, 2.75) is 17.1 Å². The molecule has 7 heteroatoms. The van der Waals surface area contributed by atoms with Crippen molar-refractivity contribution in [3.05, 3.63) is 48.3 Å². The molecule has 5 nitrogen and oxygen atoms in total. The summed E-state index contributed by atoms with van der Waals surface area (Å²) in [6.45, 7) is 1.65. The van der Waals surface area contributed by atoms with Crippen LogP contribution in [0, 0.1) is 5.82 Å². The molecule has 1 aliphatic heterocycles. The first-order valence-corrected chi connectivity index (χ1v) is 8.19. The molecule has 0 fully saturated rings. The normalized spacial score (nSPS) is 16.1. The fourth-order valence-corrected chi connectivity index (χ4v) is 3.09. The van der Waals surface area contributed by atoms with Gasteiger partial charge in [0.25, 0.3) is 5.91 Å². The standard InChI is InChI=1S/C17H15FN2O3S/c1-10-17(22)20-14-8-12(4-7-15(14)24-10)19-16(21)9-23-13-5-2-11(18)3-6-13/h2-8,10H,9H2,1H3,(H,19,21)(H,20,22). The number of halogens is 1. The minimum atomic E-state index is -0.366. The topological polar surface area (TPSA) is 67.4 Å². The largest absolute Gasteiger partial charge is 0.484 e. The van der Waals surface area contributed by atoms with Crippen LogP contribution >= 0.6 is 11.8 Å². The van der Waals surface area contributed by atoms with Gasteiger partial charge in [0.05, 0.1) is 10.9 Å². The molecule has 0 spiro atoms. The molecular formula is C17H15FN2O3S.